The lowest BCUT2D eigenvalue weighted by atomic mass is 9.94. The maximum Gasteiger partial charge on any atom is 0.269 e. The third-order valence-electron chi connectivity index (χ3n) is 5.47. The van der Waals surface area contributed by atoms with Crippen molar-refractivity contribution in [3.8, 4) is 0 Å². The maximum atomic E-state index is 12.7. The van der Waals surface area contributed by atoms with Gasteiger partial charge in [0.1, 0.15) is 0 Å². The first-order valence-electron chi connectivity index (χ1n) is 9.81. The van der Waals surface area contributed by atoms with E-state index in [2.05, 4.69) is 15.6 Å². The lowest BCUT2D eigenvalue weighted by Gasteiger charge is -2.16. The molecule has 1 amide bonds. The van der Waals surface area contributed by atoms with E-state index in [0.29, 0.717) is 18.1 Å². The molecule has 1 saturated carbocycles. The summed E-state index contributed by atoms with van der Waals surface area (Å²) >= 11 is 6.02. The number of amides is 1. The van der Waals surface area contributed by atoms with Crippen LogP contribution in [0.15, 0.2) is 54.7 Å². The number of halogens is 1. The molecule has 0 bridgehead atoms. The number of benzene rings is 2. The molecule has 0 radical (unpaired) electrons. The van der Waals surface area contributed by atoms with Crippen molar-refractivity contribution in [3.05, 3.63) is 75.4 Å². The van der Waals surface area contributed by atoms with Gasteiger partial charge in [0.2, 0.25) is 5.91 Å². The standard InChI is InChI=1S/C22H21ClN4O3/c23-16-4-7-18-19(8-13-25-20(18)14-16)24-11-1-12-26-21(28)22(9-10-22)15-2-5-17(6-3-15)27(29)30/h2-8,13-14H,1,9-12H2,(H,24,25)(H,26,28). The number of nitro groups is 1. The average molecular weight is 425 g/mol. The first-order chi connectivity index (χ1) is 14.5. The van der Waals surface area contributed by atoms with Gasteiger partial charge in [-0.15, -0.1) is 0 Å². The molecule has 30 heavy (non-hydrogen) atoms. The molecule has 2 aromatic carbocycles. The van der Waals surface area contributed by atoms with Gasteiger partial charge >= 0.3 is 0 Å². The van der Waals surface area contributed by atoms with Crippen LogP contribution in [0.5, 0.6) is 0 Å². The van der Waals surface area contributed by atoms with Gasteiger partial charge in [-0.3, -0.25) is 19.9 Å². The van der Waals surface area contributed by atoms with Gasteiger partial charge in [-0.2, -0.15) is 0 Å². The molecule has 4 rings (SSSR count). The Hall–Kier alpha value is -3.19. The minimum Gasteiger partial charge on any atom is -0.384 e. The quantitative estimate of drug-likeness (QED) is 0.316. The molecule has 0 unspecified atom stereocenters. The summed E-state index contributed by atoms with van der Waals surface area (Å²) in [5.74, 6) is -0.0136. The van der Waals surface area contributed by atoms with Crippen LogP contribution in [0.3, 0.4) is 0 Å². The maximum absolute atomic E-state index is 12.7. The van der Waals surface area contributed by atoms with E-state index >= 15 is 0 Å². The largest absolute Gasteiger partial charge is 0.384 e. The number of rotatable bonds is 8. The number of non-ortho nitro benzene ring substituents is 1. The number of aromatic nitrogens is 1. The van der Waals surface area contributed by atoms with Crippen LogP contribution in [0.25, 0.3) is 10.9 Å². The molecule has 7 nitrogen and oxygen atoms in total. The number of anilines is 1. The Kier molecular flexibility index (Phi) is 5.55. The van der Waals surface area contributed by atoms with Gasteiger partial charge in [0.15, 0.2) is 0 Å². The van der Waals surface area contributed by atoms with E-state index in [9.17, 15) is 14.9 Å². The summed E-state index contributed by atoms with van der Waals surface area (Å²) in [6.07, 6.45) is 4.03. The van der Waals surface area contributed by atoms with E-state index in [1.165, 1.54) is 12.1 Å². The summed E-state index contributed by atoms with van der Waals surface area (Å²) in [6, 6.07) is 13.8. The zero-order valence-corrected chi connectivity index (χ0v) is 17.0. The number of nitro benzene ring substituents is 1. The molecule has 8 heteroatoms. The number of nitrogens with one attached hydrogen (secondary N) is 2. The first kappa shape index (κ1) is 20.1. The summed E-state index contributed by atoms with van der Waals surface area (Å²) in [6.45, 7) is 1.25. The Labute approximate surface area is 178 Å². The van der Waals surface area contributed by atoms with Gasteiger partial charge in [-0.05, 0) is 49.1 Å². The molecule has 0 atom stereocenters. The van der Waals surface area contributed by atoms with Crippen LogP contribution in [-0.2, 0) is 10.2 Å². The smallest absolute Gasteiger partial charge is 0.269 e. The molecule has 1 aromatic heterocycles. The van der Waals surface area contributed by atoms with E-state index in [1.54, 1.807) is 18.3 Å². The number of fused-ring (bicyclic) bond motifs is 1. The molecular weight excluding hydrogens is 404 g/mol. The fraction of sp³-hybridized carbons (Fsp3) is 0.273. The molecule has 1 heterocycles. The molecule has 0 spiro atoms. The summed E-state index contributed by atoms with van der Waals surface area (Å²) in [5, 5.41) is 18.9. The second-order valence-electron chi connectivity index (χ2n) is 7.44. The monoisotopic (exact) mass is 424 g/mol. The molecular formula is C22H21ClN4O3. The van der Waals surface area contributed by atoms with Crippen LogP contribution in [-0.4, -0.2) is 28.9 Å². The topological polar surface area (TPSA) is 97.2 Å². The fourth-order valence-corrected chi connectivity index (χ4v) is 3.80. The Balaban J connectivity index is 1.29. The van der Waals surface area contributed by atoms with Gasteiger partial charge in [0, 0.05) is 47.5 Å². The minimum absolute atomic E-state index is 0.0136. The molecule has 2 N–H and O–H groups in total. The Morgan fingerprint density at radius 3 is 2.60 bits per heavy atom. The summed E-state index contributed by atoms with van der Waals surface area (Å²) in [4.78, 5) is 27.4. The fourth-order valence-electron chi connectivity index (χ4n) is 3.63. The summed E-state index contributed by atoms with van der Waals surface area (Å²) in [5.41, 5.74) is 2.15. The highest BCUT2D eigenvalue weighted by atomic mass is 35.5. The van der Waals surface area contributed by atoms with Gasteiger partial charge in [0.25, 0.3) is 5.69 Å². The normalized spacial score (nSPS) is 14.3. The third kappa shape index (κ3) is 4.07. The molecule has 154 valence electrons. The van der Waals surface area contributed by atoms with Crippen molar-refractivity contribution in [1.82, 2.24) is 10.3 Å². The van der Waals surface area contributed by atoms with Crippen molar-refractivity contribution >= 4 is 39.8 Å². The van der Waals surface area contributed by atoms with Crippen molar-refractivity contribution in [1.29, 1.82) is 0 Å². The zero-order chi connectivity index (χ0) is 21.1. The van der Waals surface area contributed by atoms with Crippen LogP contribution in [0, 0.1) is 10.1 Å². The van der Waals surface area contributed by atoms with Crippen LogP contribution in [0.4, 0.5) is 11.4 Å². The number of hydrogen-bond acceptors (Lipinski definition) is 5. The van der Waals surface area contributed by atoms with Crippen LogP contribution >= 0.6 is 11.6 Å². The second kappa shape index (κ2) is 8.28. The highest BCUT2D eigenvalue weighted by molar-refractivity contribution is 6.31. The summed E-state index contributed by atoms with van der Waals surface area (Å²) in [7, 11) is 0. The number of pyridine rings is 1. The molecule has 3 aromatic rings. The summed E-state index contributed by atoms with van der Waals surface area (Å²) < 4.78 is 0. The second-order valence-corrected chi connectivity index (χ2v) is 7.88. The number of carbonyl (C=O) groups is 1. The van der Waals surface area contributed by atoms with Crippen molar-refractivity contribution in [2.75, 3.05) is 18.4 Å². The van der Waals surface area contributed by atoms with Crippen molar-refractivity contribution in [2.24, 2.45) is 0 Å². The molecule has 1 aliphatic rings. The SMILES string of the molecule is O=C(NCCCNc1ccnc2cc(Cl)ccc12)C1(c2ccc([N+](=O)[O-])cc2)CC1. The highest BCUT2D eigenvalue weighted by Crippen LogP contribution is 2.48. The number of nitrogens with zero attached hydrogens (tertiary/aromatic N) is 2. The Morgan fingerprint density at radius 2 is 1.90 bits per heavy atom. The molecule has 1 fully saturated rings. The van der Waals surface area contributed by atoms with Crippen molar-refractivity contribution < 1.29 is 9.72 Å². The van der Waals surface area contributed by atoms with E-state index in [1.807, 2.05) is 24.3 Å². The molecule has 1 aliphatic carbocycles. The van der Waals surface area contributed by atoms with Gasteiger partial charge in [0.05, 0.1) is 15.9 Å². The molecule has 0 saturated heterocycles. The average Bonchev–Trinajstić information content (AvgIpc) is 3.55. The Morgan fingerprint density at radius 1 is 1.13 bits per heavy atom. The number of carbonyl (C=O) groups excluding carboxylic acids is 1. The van der Waals surface area contributed by atoms with Crippen LogP contribution in [0.1, 0.15) is 24.8 Å². The predicted octanol–water partition coefficient (Wildman–Crippen LogP) is 4.45. The van der Waals surface area contributed by atoms with Crippen LogP contribution in [0.2, 0.25) is 5.02 Å². The van der Waals surface area contributed by atoms with E-state index in [4.69, 9.17) is 11.6 Å². The van der Waals surface area contributed by atoms with Crippen LogP contribution < -0.4 is 10.6 Å². The Bertz CT molecular complexity index is 1100. The van der Waals surface area contributed by atoms with Crippen molar-refractivity contribution in [3.63, 3.8) is 0 Å². The van der Waals surface area contributed by atoms with Crippen molar-refractivity contribution in [2.45, 2.75) is 24.7 Å². The number of hydrogen-bond donors (Lipinski definition) is 2. The van der Waals surface area contributed by atoms with E-state index in [0.717, 1.165) is 41.4 Å². The van der Waals surface area contributed by atoms with Gasteiger partial charge in [-0.25, -0.2) is 0 Å². The third-order valence-corrected chi connectivity index (χ3v) is 5.71. The van der Waals surface area contributed by atoms with E-state index in [-0.39, 0.29) is 11.6 Å². The lowest BCUT2D eigenvalue weighted by Crippen LogP contribution is -2.35. The van der Waals surface area contributed by atoms with E-state index < -0.39 is 10.3 Å². The lowest BCUT2D eigenvalue weighted by molar-refractivity contribution is -0.384. The van der Waals surface area contributed by atoms with Gasteiger partial charge < -0.3 is 10.6 Å². The molecule has 0 aliphatic heterocycles. The first-order valence-corrected chi connectivity index (χ1v) is 10.2. The van der Waals surface area contributed by atoms with Gasteiger partial charge in [-0.1, -0.05) is 23.7 Å². The highest BCUT2D eigenvalue weighted by Gasteiger charge is 2.51. The zero-order valence-electron chi connectivity index (χ0n) is 16.2. The predicted molar refractivity (Wildman–Crippen MR) is 117 cm³/mol. The minimum atomic E-state index is -0.539.